The molecule has 1 rings (SSSR count). The van der Waals surface area contributed by atoms with Crippen LogP contribution in [-0.2, 0) is 4.74 Å². The van der Waals surface area contributed by atoms with Crippen molar-refractivity contribution >= 4 is 0 Å². The Balaban J connectivity index is 2.51. The van der Waals surface area contributed by atoms with Crippen molar-refractivity contribution in [3.8, 4) is 0 Å². The van der Waals surface area contributed by atoms with Gasteiger partial charge < -0.3 is 9.84 Å². The number of nitrogens with zero attached hydrogens (tertiary/aromatic N) is 1. The zero-order chi connectivity index (χ0) is 13.8. The van der Waals surface area contributed by atoms with Gasteiger partial charge in [-0.25, -0.2) is 0 Å². The summed E-state index contributed by atoms with van der Waals surface area (Å²) in [5, 5.41) is 10.2. The molecular formula is C15H31NO2. The van der Waals surface area contributed by atoms with Crippen LogP contribution in [0.1, 0.15) is 47.0 Å². The fourth-order valence-electron chi connectivity index (χ4n) is 2.91. The van der Waals surface area contributed by atoms with Crippen molar-refractivity contribution in [2.24, 2.45) is 11.3 Å². The Morgan fingerprint density at radius 1 is 1.28 bits per heavy atom. The van der Waals surface area contributed by atoms with Gasteiger partial charge in [0.2, 0.25) is 0 Å². The second-order valence-corrected chi connectivity index (χ2v) is 6.69. The van der Waals surface area contributed by atoms with Gasteiger partial charge in [0.05, 0.1) is 12.7 Å². The first-order chi connectivity index (χ1) is 8.36. The van der Waals surface area contributed by atoms with E-state index in [1.54, 1.807) is 0 Å². The van der Waals surface area contributed by atoms with E-state index < -0.39 is 0 Å². The van der Waals surface area contributed by atoms with Crippen LogP contribution in [0, 0.1) is 11.3 Å². The molecule has 0 aromatic carbocycles. The molecule has 1 saturated carbocycles. The third kappa shape index (κ3) is 4.52. The minimum Gasteiger partial charge on any atom is -0.391 e. The van der Waals surface area contributed by atoms with Crippen LogP contribution >= 0.6 is 0 Å². The molecule has 0 heterocycles. The van der Waals surface area contributed by atoms with Crippen molar-refractivity contribution in [1.29, 1.82) is 0 Å². The number of ether oxygens (including phenoxy) is 1. The van der Waals surface area contributed by atoms with Gasteiger partial charge in [-0.3, -0.25) is 4.90 Å². The van der Waals surface area contributed by atoms with Crippen LogP contribution in [0.15, 0.2) is 0 Å². The molecular weight excluding hydrogens is 226 g/mol. The van der Waals surface area contributed by atoms with Gasteiger partial charge in [0.25, 0.3) is 0 Å². The summed E-state index contributed by atoms with van der Waals surface area (Å²) in [5.74, 6) is 0.709. The lowest BCUT2D eigenvalue weighted by Crippen LogP contribution is -2.48. The van der Waals surface area contributed by atoms with E-state index in [2.05, 4.69) is 32.7 Å². The molecule has 3 heteroatoms. The van der Waals surface area contributed by atoms with Gasteiger partial charge in [-0.05, 0) is 44.6 Å². The molecule has 1 fully saturated rings. The summed E-state index contributed by atoms with van der Waals surface area (Å²) in [6.45, 7) is 11.4. The largest absolute Gasteiger partial charge is 0.391 e. The highest BCUT2D eigenvalue weighted by Gasteiger charge is 2.36. The molecule has 0 radical (unpaired) electrons. The molecule has 0 bridgehead atoms. The van der Waals surface area contributed by atoms with Crippen LogP contribution in [0.3, 0.4) is 0 Å². The fourth-order valence-corrected chi connectivity index (χ4v) is 2.91. The third-order valence-electron chi connectivity index (χ3n) is 4.36. The van der Waals surface area contributed by atoms with E-state index in [0.29, 0.717) is 17.4 Å². The van der Waals surface area contributed by atoms with E-state index in [-0.39, 0.29) is 6.10 Å². The molecule has 0 aromatic heterocycles. The van der Waals surface area contributed by atoms with Gasteiger partial charge >= 0.3 is 0 Å². The Hall–Kier alpha value is -0.120. The first-order valence-corrected chi connectivity index (χ1v) is 7.32. The van der Waals surface area contributed by atoms with E-state index in [9.17, 15) is 5.11 Å². The summed E-state index contributed by atoms with van der Waals surface area (Å²) in [6, 6.07) is 0.295. The predicted octanol–water partition coefficient (Wildman–Crippen LogP) is 2.53. The molecule has 3 atom stereocenters. The highest BCUT2D eigenvalue weighted by atomic mass is 16.5. The molecule has 0 spiro atoms. The van der Waals surface area contributed by atoms with Crippen LogP contribution in [0.5, 0.6) is 0 Å². The van der Waals surface area contributed by atoms with Gasteiger partial charge in [0, 0.05) is 19.2 Å². The number of rotatable bonds is 5. The predicted molar refractivity (Wildman–Crippen MR) is 75.7 cm³/mol. The van der Waals surface area contributed by atoms with Gasteiger partial charge in [-0.2, -0.15) is 0 Å². The molecule has 3 unspecified atom stereocenters. The molecule has 0 amide bonds. The van der Waals surface area contributed by atoms with Crippen molar-refractivity contribution < 1.29 is 9.84 Å². The summed E-state index contributed by atoms with van der Waals surface area (Å²) in [7, 11) is 2.11. The topological polar surface area (TPSA) is 32.7 Å². The van der Waals surface area contributed by atoms with Crippen LogP contribution < -0.4 is 0 Å². The van der Waals surface area contributed by atoms with E-state index in [0.717, 1.165) is 39.0 Å². The van der Waals surface area contributed by atoms with E-state index in [4.69, 9.17) is 4.74 Å². The number of likely N-dealkylation sites (N-methyl/N-ethyl adjacent to an activating group) is 1. The van der Waals surface area contributed by atoms with Crippen LogP contribution in [0.25, 0.3) is 0 Å². The Bertz CT molecular complexity index is 237. The SMILES string of the molecule is CCOCCN(C)C1CC(C(C)(C)C)CCC1O. The maximum Gasteiger partial charge on any atom is 0.0695 e. The lowest BCUT2D eigenvalue weighted by molar-refractivity contribution is -0.0157. The second-order valence-electron chi connectivity index (χ2n) is 6.69. The van der Waals surface area contributed by atoms with Gasteiger partial charge in [-0.1, -0.05) is 20.8 Å². The average Bonchev–Trinajstić information content (AvgIpc) is 2.28. The second kappa shape index (κ2) is 6.88. The highest BCUT2D eigenvalue weighted by Crippen LogP contribution is 2.39. The number of hydrogen-bond acceptors (Lipinski definition) is 3. The minimum atomic E-state index is -0.171. The molecule has 1 aliphatic carbocycles. The molecule has 0 aliphatic heterocycles. The normalized spacial score (nSPS) is 29.8. The van der Waals surface area contributed by atoms with Crippen LogP contribution in [0.2, 0.25) is 0 Å². The van der Waals surface area contributed by atoms with E-state index in [1.807, 2.05) is 6.92 Å². The standard InChI is InChI=1S/C15H31NO2/c1-6-18-10-9-16(5)13-11-12(15(2,3)4)7-8-14(13)17/h12-14,17H,6-11H2,1-5H3. The first kappa shape index (κ1) is 15.9. The molecule has 1 N–H and O–H groups in total. The molecule has 0 saturated heterocycles. The average molecular weight is 257 g/mol. The van der Waals surface area contributed by atoms with Crippen molar-refractivity contribution in [2.75, 3.05) is 26.8 Å². The Kier molecular flexibility index (Phi) is 6.09. The van der Waals surface area contributed by atoms with Crippen molar-refractivity contribution in [3.63, 3.8) is 0 Å². The van der Waals surface area contributed by atoms with Gasteiger partial charge in [-0.15, -0.1) is 0 Å². The van der Waals surface area contributed by atoms with E-state index in [1.165, 1.54) is 0 Å². The monoisotopic (exact) mass is 257 g/mol. The maximum atomic E-state index is 10.2. The van der Waals surface area contributed by atoms with Crippen LogP contribution in [0.4, 0.5) is 0 Å². The van der Waals surface area contributed by atoms with Crippen molar-refractivity contribution in [1.82, 2.24) is 4.90 Å². The fraction of sp³-hybridized carbons (Fsp3) is 1.00. The Labute approximate surface area is 113 Å². The molecule has 0 aromatic rings. The quantitative estimate of drug-likeness (QED) is 0.768. The Morgan fingerprint density at radius 3 is 2.50 bits per heavy atom. The minimum absolute atomic E-state index is 0.171. The number of aliphatic hydroxyl groups excluding tert-OH is 1. The van der Waals surface area contributed by atoms with Gasteiger partial charge in [0.1, 0.15) is 0 Å². The Morgan fingerprint density at radius 2 is 1.94 bits per heavy atom. The molecule has 3 nitrogen and oxygen atoms in total. The zero-order valence-electron chi connectivity index (χ0n) is 12.8. The lowest BCUT2D eigenvalue weighted by atomic mass is 9.70. The number of hydrogen-bond donors (Lipinski definition) is 1. The molecule has 108 valence electrons. The van der Waals surface area contributed by atoms with Crippen LogP contribution in [-0.4, -0.2) is 49.0 Å². The summed E-state index contributed by atoms with van der Waals surface area (Å²) < 4.78 is 5.40. The van der Waals surface area contributed by atoms with Crippen molar-refractivity contribution in [3.05, 3.63) is 0 Å². The van der Waals surface area contributed by atoms with Gasteiger partial charge in [0.15, 0.2) is 0 Å². The summed E-state index contributed by atoms with van der Waals surface area (Å²) >= 11 is 0. The zero-order valence-corrected chi connectivity index (χ0v) is 12.8. The molecule has 1 aliphatic rings. The summed E-state index contributed by atoms with van der Waals surface area (Å²) in [6.07, 6.45) is 3.02. The third-order valence-corrected chi connectivity index (χ3v) is 4.36. The number of aliphatic hydroxyl groups is 1. The van der Waals surface area contributed by atoms with Crippen molar-refractivity contribution in [2.45, 2.75) is 59.1 Å². The summed E-state index contributed by atoms with van der Waals surface area (Å²) in [4.78, 5) is 2.28. The highest BCUT2D eigenvalue weighted by molar-refractivity contribution is 4.89. The maximum absolute atomic E-state index is 10.2. The lowest BCUT2D eigenvalue weighted by Gasteiger charge is -2.43. The van der Waals surface area contributed by atoms with E-state index >= 15 is 0 Å². The summed E-state index contributed by atoms with van der Waals surface area (Å²) in [5.41, 5.74) is 0.346. The first-order valence-electron chi connectivity index (χ1n) is 7.32. The molecule has 18 heavy (non-hydrogen) atoms. The smallest absolute Gasteiger partial charge is 0.0695 e.